The molecule has 1 saturated carbocycles. The molecule has 0 amide bonds. The molecule has 0 bridgehead atoms. The van der Waals surface area contributed by atoms with Crippen molar-refractivity contribution in [2.24, 2.45) is 0 Å². The van der Waals surface area contributed by atoms with Gasteiger partial charge in [0.15, 0.2) is 0 Å². The average molecular weight is 290 g/mol. The van der Waals surface area contributed by atoms with Crippen molar-refractivity contribution in [3.8, 4) is 6.07 Å². The highest BCUT2D eigenvalue weighted by Gasteiger charge is 2.31. The van der Waals surface area contributed by atoms with Crippen molar-refractivity contribution in [1.29, 1.82) is 5.26 Å². The van der Waals surface area contributed by atoms with Crippen LogP contribution in [0.3, 0.4) is 0 Å². The van der Waals surface area contributed by atoms with Gasteiger partial charge in [0.1, 0.15) is 5.82 Å². The predicted octanol–water partition coefficient (Wildman–Crippen LogP) is 3.39. The summed E-state index contributed by atoms with van der Waals surface area (Å²) in [5.41, 5.74) is 2.52. The Kier molecular flexibility index (Phi) is 3.64. The first kappa shape index (κ1) is 13.4. The summed E-state index contributed by atoms with van der Waals surface area (Å²) in [5, 5.41) is 9.09. The van der Waals surface area contributed by atoms with E-state index in [0.717, 1.165) is 36.1 Å². The van der Waals surface area contributed by atoms with Crippen molar-refractivity contribution in [1.82, 2.24) is 9.55 Å². The fourth-order valence-corrected chi connectivity index (χ4v) is 3.34. The number of hydrogen-bond donors (Lipinski definition) is 0. The Morgan fingerprint density at radius 2 is 2.35 bits per heavy atom. The van der Waals surface area contributed by atoms with Gasteiger partial charge in [0.25, 0.3) is 0 Å². The molecule has 5 heteroatoms. The molecule has 0 spiro atoms. The average Bonchev–Trinajstić information content (AvgIpc) is 3.08. The number of methoxy groups -OCH3 is 1. The van der Waals surface area contributed by atoms with Gasteiger partial charge in [-0.2, -0.15) is 5.26 Å². The molecule has 1 heterocycles. The van der Waals surface area contributed by atoms with Gasteiger partial charge >= 0.3 is 0 Å². The zero-order valence-electron chi connectivity index (χ0n) is 11.3. The van der Waals surface area contributed by atoms with Gasteiger partial charge in [0.05, 0.1) is 40.7 Å². The van der Waals surface area contributed by atoms with Gasteiger partial charge in [-0.05, 0) is 37.5 Å². The summed E-state index contributed by atoms with van der Waals surface area (Å²) in [6.45, 7) is 0. The van der Waals surface area contributed by atoms with Crippen molar-refractivity contribution in [2.75, 3.05) is 7.11 Å². The molecule has 1 aliphatic carbocycles. The molecule has 0 N–H and O–H groups in total. The van der Waals surface area contributed by atoms with Gasteiger partial charge < -0.3 is 9.30 Å². The minimum atomic E-state index is 0.195. The third-order valence-corrected chi connectivity index (χ3v) is 4.30. The van der Waals surface area contributed by atoms with E-state index in [1.165, 1.54) is 0 Å². The van der Waals surface area contributed by atoms with Crippen molar-refractivity contribution < 1.29 is 4.74 Å². The Morgan fingerprint density at radius 3 is 3.05 bits per heavy atom. The second kappa shape index (κ2) is 5.43. The molecule has 0 aliphatic heterocycles. The molecule has 1 aromatic heterocycles. The molecule has 4 nitrogen and oxygen atoms in total. The molecule has 2 atom stereocenters. The molecule has 104 valence electrons. The van der Waals surface area contributed by atoms with Crippen LogP contribution in [0.15, 0.2) is 18.2 Å². The van der Waals surface area contributed by atoms with Crippen LogP contribution in [0.25, 0.3) is 11.0 Å². The molecule has 0 radical (unpaired) electrons. The lowest BCUT2D eigenvalue weighted by molar-refractivity contribution is 0.0755. The van der Waals surface area contributed by atoms with E-state index in [9.17, 15) is 0 Å². The number of nitrogens with zero attached hydrogens (tertiary/aromatic N) is 3. The van der Waals surface area contributed by atoms with Crippen LogP contribution in [0.4, 0.5) is 0 Å². The number of halogens is 1. The fraction of sp³-hybridized carbons (Fsp3) is 0.467. The molecule has 1 fully saturated rings. The third-order valence-electron chi connectivity index (χ3n) is 4.06. The van der Waals surface area contributed by atoms with Crippen LogP contribution in [-0.4, -0.2) is 22.8 Å². The van der Waals surface area contributed by atoms with Crippen LogP contribution in [-0.2, 0) is 10.6 Å². The van der Waals surface area contributed by atoms with Crippen molar-refractivity contribution in [3.05, 3.63) is 29.6 Å². The summed E-state index contributed by atoms with van der Waals surface area (Å²) in [6.07, 6.45) is 3.45. The van der Waals surface area contributed by atoms with E-state index >= 15 is 0 Å². The lowest BCUT2D eigenvalue weighted by Crippen LogP contribution is -2.22. The molecule has 0 saturated heterocycles. The number of alkyl halides is 1. The number of fused-ring (bicyclic) bond motifs is 1. The number of aromatic nitrogens is 2. The summed E-state index contributed by atoms with van der Waals surface area (Å²) in [7, 11) is 1.75. The lowest BCUT2D eigenvalue weighted by Gasteiger charge is -2.22. The van der Waals surface area contributed by atoms with Crippen LogP contribution >= 0.6 is 11.6 Å². The van der Waals surface area contributed by atoms with Gasteiger partial charge in [-0.15, -0.1) is 11.6 Å². The molecule has 3 rings (SSSR count). The second-order valence-corrected chi connectivity index (χ2v) is 5.39. The van der Waals surface area contributed by atoms with Crippen molar-refractivity contribution >= 4 is 22.6 Å². The van der Waals surface area contributed by atoms with Crippen LogP contribution in [0, 0.1) is 11.3 Å². The van der Waals surface area contributed by atoms with Crippen molar-refractivity contribution in [3.63, 3.8) is 0 Å². The van der Waals surface area contributed by atoms with Crippen LogP contribution in [0.5, 0.6) is 0 Å². The summed E-state index contributed by atoms with van der Waals surface area (Å²) >= 11 is 6.06. The highest BCUT2D eigenvalue weighted by Crippen LogP contribution is 2.36. The van der Waals surface area contributed by atoms with E-state index < -0.39 is 0 Å². The predicted molar refractivity (Wildman–Crippen MR) is 77.7 cm³/mol. The zero-order chi connectivity index (χ0) is 14.1. The Hall–Kier alpha value is -1.57. The normalized spacial score (nSPS) is 22.2. The lowest BCUT2D eigenvalue weighted by atomic mass is 10.1. The molecular weight excluding hydrogens is 274 g/mol. The van der Waals surface area contributed by atoms with Crippen LogP contribution in [0.1, 0.15) is 36.7 Å². The molecule has 1 aliphatic rings. The SMILES string of the molecule is COC1CCCC1n1c(CCl)nc2ccc(C#N)cc21. The minimum Gasteiger partial charge on any atom is -0.379 e. The minimum absolute atomic E-state index is 0.195. The summed E-state index contributed by atoms with van der Waals surface area (Å²) in [6, 6.07) is 8.01. The van der Waals surface area contributed by atoms with Gasteiger partial charge in [-0.25, -0.2) is 4.98 Å². The van der Waals surface area contributed by atoms with E-state index in [-0.39, 0.29) is 12.1 Å². The van der Waals surface area contributed by atoms with E-state index in [1.54, 1.807) is 13.2 Å². The maximum atomic E-state index is 9.09. The topological polar surface area (TPSA) is 50.8 Å². The highest BCUT2D eigenvalue weighted by molar-refractivity contribution is 6.16. The first-order valence-electron chi connectivity index (χ1n) is 6.78. The molecule has 1 aromatic carbocycles. The summed E-state index contributed by atoms with van der Waals surface area (Å²) in [5.74, 6) is 1.22. The number of imidazole rings is 1. The molecule has 2 unspecified atom stereocenters. The Balaban J connectivity index is 2.19. The van der Waals surface area contributed by atoms with Gasteiger partial charge in [-0.3, -0.25) is 0 Å². The zero-order valence-corrected chi connectivity index (χ0v) is 12.1. The highest BCUT2D eigenvalue weighted by atomic mass is 35.5. The number of rotatable bonds is 3. The van der Waals surface area contributed by atoms with Crippen LogP contribution in [0.2, 0.25) is 0 Å². The number of hydrogen-bond acceptors (Lipinski definition) is 3. The summed E-state index contributed by atoms with van der Waals surface area (Å²) in [4.78, 5) is 4.59. The first-order valence-corrected chi connectivity index (χ1v) is 7.31. The van der Waals surface area contributed by atoms with Gasteiger partial charge in [-0.1, -0.05) is 0 Å². The quantitative estimate of drug-likeness (QED) is 0.814. The van der Waals surface area contributed by atoms with Gasteiger partial charge in [0.2, 0.25) is 0 Å². The number of benzene rings is 1. The summed E-state index contributed by atoms with van der Waals surface area (Å²) < 4.78 is 7.77. The Morgan fingerprint density at radius 1 is 1.50 bits per heavy atom. The standard InChI is InChI=1S/C15H16ClN3O/c1-20-14-4-2-3-12(14)19-13-7-10(9-17)5-6-11(13)18-15(19)8-16/h5-7,12,14H,2-4,8H2,1H3. The maximum Gasteiger partial charge on any atom is 0.125 e. The second-order valence-electron chi connectivity index (χ2n) is 5.12. The van der Waals surface area contributed by atoms with E-state index in [4.69, 9.17) is 21.6 Å². The molecule has 20 heavy (non-hydrogen) atoms. The number of ether oxygens (including phenoxy) is 1. The third kappa shape index (κ3) is 2.07. The number of nitriles is 1. The largest absolute Gasteiger partial charge is 0.379 e. The van der Waals surface area contributed by atoms with Gasteiger partial charge in [0, 0.05) is 7.11 Å². The maximum absolute atomic E-state index is 9.09. The van der Waals surface area contributed by atoms with E-state index in [2.05, 4.69) is 15.6 Å². The Bertz CT molecular complexity index is 674. The first-order chi connectivity index (χ1) is 9.78. The molecular formula is C15H16ClN3O. The Labute approximate surface area is 122 Å². The smallest absolute Gasteiger partial charge is 0.125 e. The molecule has 2 aromatic rings. The fourth-order valence-electron chi connectivity index (χ4n) is 3.15. The van der Waals surface area contributed by atoms with E-state index in [1.807, 2.05) is 12.1 Å². The van der Waals surface area contributed by atoms with Crippen molar-refractivity contribution in [2.45, 2.75) is 37.3 Å². The van der Waals surface area contributed by atoms with E-state index in [0.29, 0.717) is 11.4 Å². The van der Waals surface area contributed by atoms with Crippen LogP contribution < -0.4 is 0 Å². The monoisotopic (exact) mass is 289 g/mol.